The first-order valence-electron chi connectivity index (χ1n) is 7.62. The van der Waals surface area contributed by atoms with Crippen LogP contribution in [0.4, 0.5) is 5.69 Å². The highest BCUT2D eigenvalue weighted by Crippen LogP contribution is 2.35. The average Bonchev–Trinajstić information content (AvgIpc) is 2.80. The summed E-state index contributed by atoms with van der Waals surface area (Å²) in [4.78, 5) is 37.8. The van der Waals surface area contributed by atoms with Crippen molar-refractivity contribution in [3.05, 3.63) is 40.9 Å². The Kier molecular flexibility index (Phi) is 4.61. The fraction of sp³-hybridized carbons (Fsp3) is 0.353. The number of likely N-dealkylation sites (tertiary alicyclic amines) is 1. The molecule has 1 aromatic carbocycles. The van der Waals surface area contributed by atoms with Crippen molar-refractivity contribution in [2.45, 2.75) is 19.3 Å². The molecule has 3 rings (SSSR count). The van der Waals surface area contributed by atoms with Gasteiger partial charge in [-0.3, -0.25) is 19.3 Å². The minimum Gasteiger partial charge on any atom is -0.326 e. The molecule has 1 fully saturated rings. The number of allylic oxidation sites excluding steroid dienone is 2. The van der Waals surface area contributed by atoms with Gasteiger partial charge in [0, 0.05) is 23.1 Å². The van der Waals surface area contributed by atoms with Gasteiger partial charge in [-0.25, -0.2) is 0 Å². The van der Waals surface area contributed by atoms with Crippen LogP contribution in [0.2, 0.25) is 0 Å². The number of halogens is 1. The van der Waals surface area contributed by atoms with E-state index in [4.69, 9.17) is 0 Å². The molecule has 3 amide bonds. The number of nitrogens with one attached hydrogen (secondary N) is 1. The fourth-order valence-corrected chi connectivity index (χ4v) is 3.32. The van der Waals surface area contributed by atoms with Gasteiger partial charge in [-0.15, -0.1) is 0 Å². The van der Waals surface area contributed by atoms with Gasteiger partial charge in [-0.05, 0) is 37.1 Å². The molecule has 6 heteroatoms. The number of hydrogen-bond donors (Lipinski definition) is 1. The third-order valence-electron chi connectivity index (χ3n) is 4.29. The van der Waals surface area contributed by atoms with Crippen LogP contribution in [-0.4, -0.2) is 29.2 Å². The van der Waals surface area contributed by atoms with E-state index in [-0.39, 0.29) is 42.5 Å². The van der Waals surface area contributed by atoms with Crippen LogP contribution >= 0.6 is 15.9 Å². The number of nitrogens with zero attached hydrogens (tertiary/aromatic N) is 1. The molecule has 1 heterocycles. The summed E-state index contributed by atoms with van der Waals surface area (Å²) in [5, 5.41) is 2.76. The summed E-state index contributed by atoms with van der Waals surface area (Å²) in [7, 11) is 0. The highest BCUT2D eigenvalue weighted by molar-refractivity contribution is 9.10. The van der Waals surface area contributed by atoms with Crippen molar-refractivity contribution in [1.82, 2.24) is 4.90 Å². The second-order valence-corrected chi connectivity index (χ2v) is 6.70. The zero-order chi connectivity index (χ0) is 16.4. The minimum absolute atomic E-state index is 0.112. The molecule has 1 aliphatic heterocycles. The molecule has 2 atom stereocenters. The fourth-order valence-electron chi connectivity index (χ4n) is 3.06. The summed E-state index contributed by atoms with van der Waals surface area (Å²) < 4.78 is 0.931. The Balaban J connectivity index is 1.56. The Morgan fingerprint density at radius 3 is 2.22 bits per heavy atom. The van der Waals surface area contributed by atoms with Crippen LogP contribution in [0.5, 0.6) is 0 Å². The molecule has 0 bridgehead atoms. The largest absolute Gasteiger partial charge is 0.326 e. The van der Waals surface area contributed by atoms with E-state index in [1.165, 1.54) is 4.90 Å². The van der Waals surface area contributed by atoms with Crippen LogP contribution in [0.25, 0.3) is 0 Å². The summed E-state index contributed by atoms with van der Waals surface area (Å²) in [5.41, 5.74) is 0.690. The van der Waals surface area contributed by atoms with E-state index in [0.29, 0.717) is 18.5 Å². The topological polar surface area (TPSA) is 66.5 Å². The number of anilines is 1. The van der Waals surface area contributed by atoms with Gasteiger partial charge in [-0.2, -0.15) is 0 Å². The molecular weight excluding hydrogens is 360 g/mol. The quantitative estimate of drug-likeness (QED) is 0.648. The first-order valence-corrected chi connectivity index (χ1v) is 8.41. The Hall–Kier alpha value is -1.95. The van der Waals surface area contributed by atoms with Crippen LogP contribution in [-0.2, 0) is 14.4 Å². The summed E-state index contributed by atoms with van der Waals surface area (Å²) in [6.07, 6.45) is 5.26. The Morgan fingerprint density at radius 2 is 1.65 bits per heavy atom. The summed E-state index contributed by atoms with van der Waals surface area (Å²) >= 11 is 3.33. The zero-order valence-corrected chi connectivity index (χ0v) is 14.1. The highest BCUT2D eigenvalue weighted by Gasteiger charge is 2.46. The third kappa shape index (κ3) is 3.37. The van der Waals surface area contributed by atoms with Gasteiger partial charge < -0.3 is 5.32 Å². The van der Waals surface area contributed by atoms with Crippen LogP contribution in [0.1, 0.15) is 19.3 Å². The lowest BCUT2D eigenvalue weighted by Gasteiger charge is -2.14. The molecule has 120 valence electrons. The summed E-state index contributed by atoms with van der Waals surface area (Å²) in [6.45, 7) is 0.146. The van der Waals surface area contributed by atoms with E-state index < -0.39 is 0 Å². The zero-order valence-electron chi connectivity index (χ0n) is 12.5. The van der Waals surface area contributed by atoms with Crippen molar-refractivity contribution in [2.24, 2.45) is 11.8 Å². The van der Waals surface area contributed by atoms with Gasteiger partial charge in [0.15, 0.2) is 0 Å². The number of imide groups is 1. The van der Waals surface area contributed by atoms with Crippen molar-refractivity contribution in [1.29, 1.82) is 0 Å². The molecule has 0 radical (unpaired) electrons. The van der Waals surface area contributed by atoms with E-state index in [2.05, 4.69) is 21.2 Å². The molecule has 1 saturated heterocycles. The molecule has 1 aromatic rings. The molecule has 0 aromatic heterocycles. The van der Waals surface area contributed by atoms with E-state index in [1.54, 1.807) is 12.1 Å². The lowest BCUT2D eigenvalue weighted by Crippen LogP contribution is -2.34. The van der Waals surface area contributed by atoms with E-state index in [9.17, 15) is 14.4 Å². The van der Waals surface area contributed by atoms with Gasteiger partial charge in [0.2, 0.25) is 17.7 Å². The number of rotatable bonds is 4. The molecule has 1 aliphatic carbocycles. The van der Waals surface area contributed by atoms with Crippen LogP contribution in [0.3, 0.4) is 0 Å². The number of carbonyl (C=O) groups is 3. The normalized spacial score (nSPS) is 23.1. The molecule has 1 N–H and O–H groups in total. The van der Waals surface area contributed by atoms with E-state index in [1.807, 2.05) is 24.3 Å². The molecule has 23 heavy (non-hydrogen) atoms. The highest BCUT2D eigenvalue weighted by atomic mass is 79.9. The second kappa shape index (κ2) is 6.66. The maximum atomic E-state index is 12.3. The van der Waals surface area contributed by atoms with Gasteiger partial charge in [0.05, 0.1) is 11.8 Å². The van der Waals surface area contributed by atoms with Crippen molar-refractivity contribution >= 4 is 39.3 Å². The van der Waals surface area contributed by atoms with E-state index in [0.717, 1.165) is 4.47 Å². The van der Waals surface area contributed by atoms with Gasteiger partial charge in [0.1, 0.15) is 0 Å². The maximum Gasteiger partial charge on any atom is 0.233 e. The molecule has 0 saturated carbocycles. The minimum atomic E-state index is -0.234. The lowest BCUT2D eigenvalue weighted by atomic mass is 9.85. The van der Waals surface area contributed by atoms with Crippen molar-refractivity contribution in [3.63, 3.8) is 0 Å². The number of amides is 3. The standard InChI is InChI=1S/C17H17BrN2O3/c18-11-5-7-12(8-6-11)19-15(21)9-10-20-16(22)13-3-1-2-4-14(13)17(20)23/h1-2,5-8,13-14H,3-4,9-10H2,(H,19,21)/t13-,14+. The predicted octanol–water partition coefficient (Wildman–Crippen LogP) is 2.73. The smallest absolute Gasteiger partial charge is 0.233 e. The molecule has 0 unspecified atom stereocenters. The van der Waals surface area contributed by atoms with Gasteiger partial charge in [0.25, 0.3) is 0 Å². The van der Waals surface area contributed by atoms with Crippen molar-refractivity contribution < 1.29 is 14.4 Å². The summed E-state index contributed by atoms with van der Waals surface area (Å²) in [5.74, 6) is -0.952. The molecule has 5 nitrogen and oxygen atoms in total. The van der Waals surface area contributed by atoms with Crippen LogP contribution < -0.4 is 5.32 Å². The van der Waals surface area contributed by atoms with Crippen molar-refractivity contribution in [2.75, 3.05) is 11.9 Å². The first kappa shape index (κ1) is 15.9. The second-order valence-electron chi connectivity index (χ2n) is 5.79. The third-order valence-corrected chi connectivity index (χ3v) is 4.82. The first-order chi connectivity index (χ1) is 11.1. The molecule has 0 spiro atoms. The number of fused-ring (bicyclic) bond motifs is 1. The Labute approximate surface area is 142 Å². The lowest BCUT2D eigenvalue weighted by molar-refractivity contribution is -0.140. The SMILES string of the molecule is O=C(CCN1C(=O)[C@H]2CC=CC[C@H]2C1=O)Nc1ccc(Br)cc1. The average molecular weight is 377 g/mol. The molecule has 2 aliphatic rings. The van der Waals surface area contributed by atoms with E-state index >= 15 is 0 Å². The monoisotopic (exact) mass is 376 g/mol. The summed E-state index contributed by atoms with van der Waals surface area (Å²) in [6, 6.07) is 7.24. The Morgan fingerprint density at radius 1 is 1.09 bits per heavy atom. The number of benzene rings is 1. The Bertz CT molecular complexity index is 643. The van der Waals surface area contributed by atoms with Crippen LogP contribution in [0.15, 0.2) is 40.9 Å². The van der Waals surface area contributed by atoms with Crippen LogP contribution in [0, 0.1) is 11.8 Å². The predicted molar refractivity (Wildman–Crippen MR) is 89.5 cm³/mol. The van der Waals surface area contributed by atoms with Gasteiger partial charge >= 0.3 is 0 Å². The maximum absolute atomic E-state index is 12.3. The number of hydrogen-bond acceptors (Lipinski definition) is 3. The molecular formula is C17H17BrN2O3. The van der Waals surface area contributed by atoms with Crippen molar-refractivity contribution in [3.8, 4) is 0 Å². The van der Waals surface area contributed by atoms with Gasteiger partial charge in [-0.1, -0.05) is 28.1 Å². The number of carbonyl (C=O) groups excluding carboxylic acids is 3.